The third kappa shape index (κ3) is 3.27. The van der Waals surface area contributed by atoms with Gasteiger partial charge in [0.15, 0.2) is 0 Å². The summed E-state index contributed by atoms with van der Waals surface area (Å²) in [5.74, 6) is 0. The van der Waals surface area contributed by atoms with Crippen LogP contribution in [-0.2, 0) is 6.54 Å². The minimum Gasteiger partial charge on any atom is -0.325 e. The van der Waals surface area contributed by atoms with E-state index in [4.69, 9.17) is 0 Å². The summed E-state index contributed by atoms with van der Waals surface area (Å²) in [5.41, 5.74) is 4.19. The molecule has 2 amide bonds. The first-order valence-electron chi connectivity index (χ1n) is 8.46. The fourth-order valence-electron chi connectivity index (χ4n) is 3.53. The van der Waals surface area contributed by atoms with E-state index in [1.807, 2.05) is 9.80 Å². The molecule has 1 aromatic carbocycles. The number of piperazine rings is 1. The van der Waals surface area contributed by atoms with Crippen molar-refractivity contribution in [3.05, 3.63) is 34.9 Å². The van der Waals surface area contributed by atoms with Crippen molar-refractivity contribution in [2.24, 2.45) is 0 Å². The topological polar surface area (TPSA) is 26.8 Å². The fraction of sp³-hybridized carbons (Fsp3) is 0.611. The molecule has 2 aliphatic heterocycles. The first kappa shape index (κ1) is 15.3. The van der Waals surface area contributed by atoms with Gasteiger partial charge >= 0.3 is 6.03 Å². The van der Waals surface area contributed by atoms with Crippen LogP contribution in [0.1, 0.15) is 29.5 Å². The average molecular weight is 301 g/mol. The molecule has 1 aromatic rings. The molecule has 3 rings (SSSR count). The van der Waals surface area contributed by atoms with Gasteiger partial charge in [-0.25, -0.2) is 4.79 Å². The second-order valence-corrected chi connectivity index (χ2v) is 6.61. The van der Waals surface area contributed by atoms with Crippen LogP contribution in [-0.4, -0.2) is 60.0 Å². The molecule has 4 nitrogen and oxygen atoms in total. The van der Waals surface area contributed by atoms with Crippen LogP contribution in [0.4, 0.5) is 4.79 Å². The van der Waals surface area contributed by atoms with E-state index in [1.54, 1.807) is 0 Å². The molecule has 0 atom stereocenters. The van der Waals surface area contributed by atoms with Crippen LogP contribution < -0.4 is 0 Å². The molecule has 0 aliphatic carbocycles. The molecule has 4 heteroatoms. The van der Waals surface area contributed by atoms with E-state index in [0.29, 0.717) is 0 Å². The number of benzene rings is 1. The molecule has 2 fully saturated rings. The summed E-state index contributed by atoms with van der Waals surface area (Å²) in [7, 11) is 0. The molecule has 0 unspecified atom stereocenters. The Morgan fingerprint density at radius 1 is 0.909 bits per heavy atom. The van der Waals surface area contributed by atoms with Crippen LogP contribution >= 0.6 is 0 Å². The Bertz CT molecular complexity index is 509. The van der Waals surface area contributed by atoms with Crippen molar-refractivity contribution in [2.75, 3.05) is 39.3 Å². The zero-order valence-corrected chi connectivity index (χ0v) is 13.8. The lowest BCUT2D eigenvalue weighted by Crippen LogP contribution is -2.52. The monoisotopic (exact) mass is 301 g/mol. The van der Waals surface area contributed by atoms with Crippen molar-refractivity contribution < 1.29 is 4.79 Å². The Morgan fingerprint density at radius 2 is 1.45 bits per heavy atom. The summed E-state index contributed by atoms with van der Waals surface area (Å²) in [6, 6.07) is 6.76. The summed E-state index contributed by atoms with van der Waals surface area (Å²) >= 11 is 0. The van der Waals surface area contributed by atoms with Gasteiger partial charge in [0, 0.05) is 45.8 Å². The van der Waals surface area contributed by atoms with Crippen molar-refractivity contribution in [3.8, 4) is 0 Å². The van der Waals surface area contributed by atoms with Gasteiger partial charge in [0.05, 0.1) is 0 Å². The second kappa shape index (κ2) is 6.69. The number of hydrogen-bond acceptors (Lipinski definition) is 2. The maximum absolute atomic E-state index is 12.4. The lowest BCUT2D eigenvalue weighted by molar-refractivity contribution is 0.115. The van der Waals surface area contributed by atoms with E-state index in [9.17, 15) is 4.79 Å². The smallest absolute Gasteiger partial charge is 0.320 e. The van der Waals surface area contributed by atoms with Gasteiger partial charge in [0.1, 0.15) is 0 Å². The molecule has 2 aliphatic rings. The zero-order chi connectivity index (χ0) is 15.5. The maximum atomic E-state index is 12.4. The number of likely N-dealkylation sites (tertiary alicyclic amines) is 1. The van der Waals surface area contributed by atoms with Gasteiger partial charge in [-0.15, -0.1) is 0 Å². The summed E-state index contributed by atoms with van der Waals surface area (Å²) < 4.78 is 0. The highest BCUT2D eigenvalue weighted by molar-refractivity contribution is 5.74. The second-order valence-electron chi connectivity index (χ2n) is 6.61. The predicted molar refractivity (Wildman–Crippen MR) is 89.0 cm³/mol. The molecule has 0 aromatic heterocycles. The van der Waals surface area contributed by atoms with Gasteiger partial charge in [0.25, 0.3) is 0 Å². The number of amides is 2. The summed E-state index contributed by atoms with van der Waals surface area (Å²) in [5, 5.41) is 0. The number of rotatable bonds is 2. The Balaban J connectivity index is 1.54. The summed E-state index contributed by atoms with van der Waals surface area (Å²) in [4.78, 5) is 18.9. The van der Waals surface area contributed by atoms with Gasteiger partial charge < -0.3 is 9.80 Å². The molecule has 2 heterocycles. The van der Waals surface area contributed by atoms with Crippen molar-refractivity contribution in [2.45, 2.75) is 33.2 Å². The third-order valence-electron chi connectivity index (χ3n) is 5.05. The van der Waals surface area contributed by atoms with E-state index >= 15 is 0 Å². The molecular weight excluding hydrogens is 274 g/mol. The maximum Gasteiger partial charge on any atom is 0.320 e. The highest BCUT2D eigenvalue weighted by atomic mass is 16.2. The van der Waals surface area contributed by atoms with Crippen molar-refractivity contribution >= 4 is 6.03 Å². The van der Waals surface area contributed by atoms with Crippen LogP contribution in [0.15, 0.2) is 18.2 Å². The minimum atomic E-state index is 0.254. The Labute approximate surface area is 133 Å². The highest BCUT2D eigenvalue weighted by Crippen LogP contribution is 2.18. The van der Waals surface area contributed by atoms with Gasteiger partial charge in [0.2, 0.25) is 0 Å². The van der Waals surface area contributed by atoms with E-state index in [1.165, 1.54) is 16.7 Å². The van der Waals surface area contributed by atoms with Crippen LogP contribution in [0.2, 0.25) is 0 Å². The number of hydrogen-bond donors (Lipinski definition) is 0. The normalized spacial score (nSPS) is 19.7. The van der Waals surface area contributed by atoms with Gasteiger partial charge in [-0.1, -0.05) is 18.2 Å². The number of carbonyl (C=O) groups excluding carboxylic acids is 1. The Morgan fingerprint density at radius 3 is 2.05 bits per heavy atom. The van der Waals surface area contributed by atoms with Crippen molar-refractivity contribution in [1.29, 1.82) is 0 Å². The third-order valence-corrected chi connectivity index (χ3v) is 5.05. The molecular formula is C18H27N3O. The van der Waals surface area contributed by atoms with Gasteiger partial charge in [-0.05, 0) is 43.4 Å². The molecule has 0 N–H and O–H groups in total. The molecule has 0 bridgehead atoms. The zero-order valence-electron chi connectivity index (χ0n) is 13.8. The van der Waals surface area contributed by atoms with E-state index in [-0.39, 0.29) is 6.03 Å². The van der Waals surface area contributed by atoms with Gasteiger partial charge in [-0.3, -0.25) is 4.90 Å². The molecule has 22 heavy (non-hydrogen) atoms. The van der Waals surface area contributed by atoms with E-state index in [0.717, 1.165) is 58.7 Å². The standard InChI is InChI=1S/C18H27N3O/c1-15-6-5-7-16(2)17(15)14-19-10-12-21(13-11-19)18(22)20-8-3-4-9-20/h5-7H,3-4,8-14H2,1-2H3. The van der Waals surface area contributed by atoms with Crippen LogP contribution in [0.25, 0.3) is 0 Å². The van der Waals surface area contributed by atoms with Crippen molar-refractivity contribution in [3.63, 3.8) is 0 Å². The summed E-state index contributed by atoms with van der Waals surface area (Å²) in [6.07, 6.45) is 2.33. The minimum absolute atomic E-state index is 0.254. The lowest BCUT2D eigenvalue weighted by atomic mass is 10.0. The van der Waals surface area contributed by atoms with Crippen LogP contribution in [0.5, 0.6) is 0 Å². The molecule has 120 valence electrons. The highest BCUT2D eigenvalue weighted by Gasteiger charge is 2.26. The molecule has 0 spiro atoms. The lowest BCUT2D eigenvalue weighted by Gasteiger charge is -2.37. The number of aryl methyl sites for hydroxylation is 2. The predicted octanol–water partition coefficient (Wildman–Crippen LogP) is 2.64. The van der Waals surface area contributed by atoms with Crippen LogP contribution in [0.3, 0.4) is 0 Å². The quantitative estimate of drug-likeness (QED) is 0.839. The Hall–Kier alpha value is -1.55. The largest absolute Gasteiger partial charge is 0.325 e. The number of urea groups is 1. The SMILES string of the molecule is Cc1cccc(C)c1CN1CCN(C(=O)N2CCCC2)CC1. The molecule has 2 saturated heterocycles. The first-order chi connectivity index (χ1) is 10.6. The first-order valence-corrected chi connectivity index (χ1v) is 8.46. The number of carbonyl (C=O) groups is 1. The fourth-order valence-corrected chi connectivity index (χ4v) is 3.53. The molecule has 0 radical (unpaired) electrons. The summed E-state index contributed by atoms with van der Waals surface area (Å²) in [6.45, 7) is 11.0. The van der Waals surface area contributed by atoms with E-state index in [2.05, 4.69) is 36.9 Å². The van der Waals surface area contributed by atoms with Crippen LogP contribution in [0, 0.1) is 13.8 Å². The Kier molecular flexibility index (Phi) is 4.67. The number of nitrogens with zero attached hydrogens (tertiary/aromatic N) is 3. The van der Waals surface area contributed by atoms with Crippen molar-refractivity contribution in [1.82, 2.24) is 14.7 Å². The van der Waals surface area contributed by atoms with Gasteiger partial charge in [-0.2, -0.15) is 0 Å². The average Bonchev–Trinajstić information content (AvgIpc) is 3.05. The van der Waals surface area contributed by atoms with E-state index < -0.39 is 0 Å². The molecule has 0 saturated carbocycles.